The molecule has 1 aromatic rings. The first kappa shape index (κ1) is 20.1. The number of benzene rings is 1. The zero-order chi connectivity index (χ0) is 18.2. The summed E-state index contributed by atoms with van der Waals surface area (Å²) in [7, 11) is 1.46. The van der Waals surface area contributed by atoms with Crippen molar-refractivity contribution < 1.29 is 14.7 Å². The summed E-state index contributed by atoms with van der Waals surface area (Å²) in [6.45, 7) is 7.99. The second kappa shape index (κ2) is 9.39. The maximum atomic E-state index is 11.8. The Labute approximate surface area is 144 Å². The summed E-state index contributed by atoms with van der Waals surface area (Å²) in [5, 5.41) is 15.0. The van der Waals surface area contributed by atoms with Crippen LogP contribution in [0.25, 0.3) is 0 Å². The molecule has 6 heteroatoms. The highest BCUT2D eigenvalue weighted by Crippen LogP contribution is 2.19. The molecule has 1 rings (SSSR count). The molecule has 0 aromatic heterocycles. The molecular formula is C18H29N3O3. The lowest BCUT2D eigenvalue weighted by molar-refractivity contribution is -0.120. The lowest BCUT2D eigenvalue weighted by Crippen LogP contribution is -2.41. The number of carbonyl (C=O) groups is 2. The number of nitrogens with one attached hydrogen (secondary N) is 2. The van der Waals surface area contributed by atoms with E-state index in [1.54, 1.807) is 0 Å². The number of nitrogens with zero attached hydrogens (tertiary/aromatic N) is 1. The number of rotatable bonds is 7. The Kier molecular flexibility index (Phi) is 7.88. The molecule has 0 radical (unpaired) electrons. The fourth-order valence-corrected chi connectivity index (χ4v) is 2.44. The fraction of sp³-hybridized carbons (Fsp3) is 0.556. The molecule has 1 aromatic carbocycles. The molecule has 0 fully saturated rings. The third-order valence-electron chi connectivity index (χ3n) is 3.45. The highest BCUT2D eigenvalue weighted by atomic mass is 16.3. The molecule has 1 atom stereocenters. The van der Waals surface area contributed by atoms with Gasteiger partial charge in [-0.15, -0.1) is 0 Å². The maximum absolute atomic E-state index is 11.8. The zero-order valence-corrected chi connectivity index (χ0v) is 15.0. The van der Waals surface area contributed by atoms with Crippen molar-refractivity contribution in [2.75, 3.05) is 26.7 Å². The average Bonchev–Trinajstić information content (AvgIpc) is 2.51. The molecule has 3 N–H and O–H groups in total. The number of amides is 3. The first-order chi connectivity index (χ1) is 11.2. The van der Waals surface area contributed by atoms with Crippen LogP contribution in [0.15, 0.2) is 30.3 Å². The Morgan fingerprint density at radius 2 is 1.83 bits per heavy atom. The van der Waals surface area contributed by atoms with Gasteiger partial charge in [0.05, 0.1) is 6.10 Å². The molecule has 3 amide bonds. The third-order valence-corrected chi connectivity index (χ3v) is 3.45. The molecule has 24 heavy (non-hydrogen) atoms. The van der Waals surface area contributed by atoms with E-state index in [1.165, 1.54) is 7.05 Å². The summed E-state index contributed by atoms with van der Waals surface area (Å²) < 4.78 is 0. The van der Waals surface area contributed by atoms with Crippen LogP contribution < -0.4 is 10.6 Å². The van der Waals surface area contributed by atoms with Crippen LogP contribution in [0.3, 0.4) is 0 Å². The van der Waals surface area contributed by atoms with Gasteiger partial charge in [0.1, 0.15) is 0 Å². The Balaban J connectivity index is 2.63. The van der Waals surface area contributed by atoms with E-state index >= 15 is 0 Å². The number of hydrogen-bond donors (Lipinski definition) is 3. The molecule has 1 unspecified atom stereocenters. The Morgan fingerprint density at radius 1 is 1.21 bits per heavy atom. The van der Waals surface area contributed by atoms with E-state index in [4.69, 9.17) is 0 Å². The van der Waals surface area contributed by atoms with Crippen LogP contribution in [0.2, 0.25) is 0 Å². The second-order valence-electron chi connectivity index (χ2n) is 7.10. The van der Waals surface area contributed by atoms with Gasteiger partial charge in [0.2, 0.25) is 5.91 Å². The number of urea groups is 1. The van der Waals surface area contributed by atoms with Gasteiger partial charge in [0.25, 0.3) is 0 Å². The van der Waals surface area contributed by atoms with E-state index in [-0.39, 0.29) is 17.7 Å². The molecule has 6 nitrogen and oxygen atoms in total. The maximum Gasteiger partial charge on any atom is 0.321 e. The monoisotopic (exact) mass is 335 g/mol. The summed E-state index contributed by atoms with van der Waals surface area (Å²) >= 11 is 0. The largest absolute Gasteiger partial charge is 0.387 e. The normalized spacial score (nSPS) is 12.8. The highest BCUT2D eigenvalue weighted by molar-refractivity contribution is 5.94. The number of aliphatic hydroxyl groups is 1. The Hall–Kier alpha value is -1.92. The molecule has 0 heterocycles. The van der Waals surface area contributed by atoms with Gasteiger partial charge in [-0.3, -0.25) is 15.0 Å². The molecule has 134 valence electrons. The first-order valence-corrected chi connectivity index (χ1v) is 8.18. The van der Waals surface area contributed by atoms with E-state index in [0.29, 0.717) is 13.1 Å². The zero-order valence-electron chi connectivity index (χ0n) is 15.0. The van der Waals surface area contributed by atoms with E-state index in [2.05, 4.69) is 36.3 Å². The smallest absolute Gasteiger partial charge is 0.321 e. The summed E-state index contributed by atoms with van der Waals surface area (Å²) in [4.78, 5) is 25.0. The molecule has 0 saturated carbocycles. The van der Waals surface area contributed by atoms with Gasteiger partial charge < -0.3 is 10.4 Å². The summed E-state index contributed by atoms with van der Waals surface area (Å²) in [6, 6.07) is 8.96. The molecule has 0 bridgehead atoms. The summed E-state index contributed by atoms with van der Waals surface area (Å²) in [6.07, 6.45) is -0.416. The SMILES string of the molecule is CNC(=O)NC(=O)CCN(CC(O)c1ccccc1)CC(C)(C)C. The van der Waals surface area contributed by atoms with Gasteiger partial charge in [-0.1, -0.05) is 51.1 Å². The van der Waals surface area contributed by atoms with Crippen molar-refractivity contribution >= 4 is 11.9 Å². The van der Waals surface area contributed by atoms with E-state index in [1.807, 2.05) is 30.3 Å². The summed E-state index contributed by atoms with van der Waals surface area (Å²) in [5.41, 5.74) is 0.888. The lowest BCUT2D eigenvalue weighted by Gasteiger charge is -2.31. The van der Waals surface area contributed by atoms with Crippen LogP contribution in [0.1, 0.15) is 38.9 Å². The van der Waals surface area contributed by atoms with E-state index in [9.17, 15) is 14.7 Å². The van der Waals surface area contributed by atoms with E-state index in [0.717, 1.165) is 12.1 Å². The third kappa shape index (κ3) is 8.08. The Morgan fingerprint density at radius 3 is 2.38 bits per heavy atom. The fourth-order valence-electron chi connectivity index (χ4n) is 2.44. The van der Waals surface area contributed by atoms with Crippen LogP contribution in [-0.2, 0) is 4.79 Å². The quantitative estimate of drug-likeness (QED) is 0.711. The van der Waals surface area contributed by atoms with Crippen molar-refractivity contribution in [2.45, 2.75) is 33.3 Å². The molecule has 0 saturated heterocycles. The van der Waals surface area contributed by atoms with E-state index < -0.39 is 12.1 Å². The molecule has 0 aliphatic carbocycles. The van der Waals surface area contributed by atoms with Gasteiger partial charge in [-0.25, -0.2) is 4.79 Å². The van der Waals surface area contributed by atoms with Gasteiger partial charge in [0.15, 0.2) is 0 Å². The average molecular weight is 335 g/mol. The van der Waals surface area contributed by atoms with Crippen LogP contribution in [0.5, 0.6) is 0 Å². The minimum Gasteiger partial charge on any atom is -0.387 e. The number of carbonyl (C=O) groups excluding carboxylic acids is 2. The summed E-state index contributed by atoms with van der Waals surface area (Å²) in [5.74, 6) is -0.331. The van der Waals surface area contributed by atoms with Gasteiger partial charge >= 0.3 is 6.03 Å². The van der Waals surface area contributed by atoms with Crippen LogP contribution >= 0.6 is 0 Å². The van der Waals surface area contributed by atoms with Crippen LogP contribution in [-0.4, -0.2) is 48.6 Å². The topological polar surface area (TPSA) is 81.7 Å². The minimum atomic E-state index is -0.615. The van der Waals surface area contributed by atoms with Gasteiger partial charge in [-0.05, 0) is 11.0 Å². The minimum absolute atomic E-state index is 0.0354. The second-order valence-corrected chi connectivity index (χ2v) is 7.10. The van der Waals surface area contributed by atoms with Crippen LogP contribution in [0.4, 0.5) is 4.79 Å². The van der Waals surface area contributed by atoms with Crippen molar-refractivity contribution in [1.82, 2.24) is 15.5 Å². The Bertz CT molecular complexity index is 526. The van der Waals surface area contributed by atoms with Gasteiger partial charge in [0, 0.05) is 33.1 Å². The lowest BCUT2D eigenvalue weighted by atomic mass is 9.95. The standard InChI is InChI=1S/C18H29N3O3/c1-18(2,3)13-21(11-10-16(23)20-17(24)19-4)12-15(22)14-8-6-5-7-9-14/h5-9,15,22H,10-13H2,1-4H3,(H2,19,20,23,24). The van der Waals surface area contributed by atoms with Gasteiger partial charge in [-0.2, -0.15) is 0 Å². The number of hydrogen-bond acceptors (Lipinski definition) is 4. The molecule has 0 aliphatic rings. The number of aliphatic hydroxyl groups excluding tert-OH is 1. The van der Waals surface area contributed by atoms with Crippen LogP contribution in [0, 0.1) is 5.41 Å². The van der Waals surface area contributed by atoms with Crippen molar-refractivity contribution in [3.05, 3.63) is 35.9 Å². The first-order valence-electron chi connectivity index (χ1n) is 8.18. The van der Waals surface area contributed by atoms with Crippen molar-refractivity contribution in [3.8, 4) is 0 Å². The number of imide groups is 1. The predicted molar refractivity (Wildman–Crippen MR) is 94.5 cm³/mol. The molecule has 0 spiro atoms. The van der Waals surface area contributed by atoms with Crippen molar-refractivity contribution in [3.63, 3.8) is 0 Å². The predicted octanol–water partition coefficient (Wildman–Crippen LogP) is 1.91. The van der Waals surface area contributed by atoms with Crippen molar-refractivity contribution in [1.29, 1.82) is 0 Å². The van der Waals surface area contributed by atoms with Crippen molar-refractivity contribution in [2.24, 2.45) is 5.41 Å². The highest BCUT2D eigenvalue weighted by Gasteiger charge is 2.20. The molecule has 0 aliphatic heterocycles. The molecular weight excluding hydrogens is 306 g/mol.